The van der Waals surface area contributed by atoms with Crippen molar-refractivity contribution in [2.45, 2.75) is 6.92 Å². The van der Waals surface area contributed by atoms with Crippen molar-refractivity contribution in [1.82, 2.24) is 29.2 Å². The molecule has 4 aromatic rings. The largest absolute Gasteiger partial charge is 0.353 e. The third kappa shape index (κ3) is 4.99. The van der Waals surface area contributed by atoms with Gasteiger partial charge in [0, 0.05) is 62.3 Å². The third-order valence-electron chi connectivity index (χ3n) is 6.91. The Balaban J connectivity index is 1.39. The second kappa shape index (κ2) is 10.9. The fraction of sp³-hybridized carbons (Fsp3) is 0.207. The summed E-state index contributed by atoms with van der Waals surface area (Å²) in [6, 6.07) is 7.60. The number of pyridine rings is 1. The van der Waals surface area contributed by atoms with Gasteiger partial charge in [-0.3, -0.25) is 9.48 Å². The molecule has 1 fully saturated rings. The van der Waals surface area contributed by atoms with E-state index < -0.39 is 23.1 Å². The summed E-state index contributed by atoms with van der Waals surface area (Å²) in [5.41, 5.74) is 4.13. The van der Waals surface area contributed by atoms with Crippen LogP contribution in [0.25, 0.3) is 22.2 Å². The molecule has 1 saturated heterocycles. The van der Waals surface area contributed by atoms with E-state index in [0.717, 1.165) is 34.4 Å². The second-order valence-corrected chi connectivity index (χ2v) is 9.42. The van der Waals surface area contributed by atoms with E-state index in [1.165, 1.54) is 11.0 Å². The highest BCUT2D eigenvalue weighted by Crippen LogP contribution is 2.29. The standard InChI is InChI=1S/C29H26F2N8O/c1-19(23-13-20(22-16-34-36(3)17-22)18-39-28(23)21(14-32)15-35-39)7-8-26(33-2)37-9-11-38(12-10-37)29(40)27-24(30)5-4-6-25(27)31/h4-8,13,15-18H,2,9-12H2,1,3H3/b19-7+,26-8+. The number of hydrogen-bond donors (Lipinski definition) is 0. The highest BCUT2D eigenvalue weighted by atomic mass is 19.1. The number of aryl methyl sites for hydroxylation is 1. The lowest BCUT2D eigenvalue weighted by Crippen LogP contribution is -2.48. The zero-order valence-electron chi connectivity index (χ0n) is 22.1. The van der Waals surface area contributed by atoms with Gasteiger partial charge < -0.3 is 9.80 Å². The summed E-state index contributed by atoms with van der Waals surface area (Å²) in [4.78, 5) is 20.3. The number of piperazine rings is 1. The molecule has 1 aromatic carbocycles. The van der Waals surface area contributed by atoms with E-state index in [9.17, 15) is 18.8 Å². The molecule has 0 bridgehead atoms. The molecule has 0 unspecified atom stereocenters. The Morgan fingerprint density at radius 2 is 1.75 bits per heavy atom. The summed E-state index contributed by atoms with van der Waals surface area (Å²) in [5.74, 6) is -1.83. The number of aromatic nitrogens is 4. The van der Waals surface area contributed by atoms with Gasteiger partial charge >= 0.3 is 0 Å². The average molecular weight is 541 g/mol. The van der Waals surface area contributed by atoms with Gasteiger partial charge in [-0.25, -0.2) is 18.3 Å². The topological polar surface area (TPSA) is 94.8 Å². The molecule has 1 amide bonds. The molecule has 0 N–H and O–H groups in total. The predicted molar refractivity (Wildman–Crippen MR) is 147 cm³/mol. The van der Waals surface area contributed by atoms with Crippen LogP contribution in [0.2, 0.25) is 0 Å². The van der Waals surface area contributed by atoms with Crippen molar-refractivity contribution in [3.05, 3.63) is 95.4 Å². The first kappa shape index (κ1) is 26.5. The number of nitrogens with zero attached hydrogens (tertiary/aromatic N) is 8. The molecule has 40 heavy (non-hydrogen) atoms. The summed E-state index contributed by atoms with van der Waals surface area (Å²) < 4.78 is 31.6. The normalized spacial score (nSPS) is 14.5. The number of nitriles is 1. The van der Waals surface area contributed by atoms with Gasteiger partial charge in [0.25, 0.3) is 5.91 Å². The number of amides is 1. The van der Waals surface area contributed by atoms with Crippen LogP contribution >= 0.6 is 0 Å². The number of fused-ring (bicyclic) bond motifs is 1. The predicted octanol–water partition coefficient (Wildman–Crippen LogP) is 4.29. The minimum Gasteiger partial charge on any atom is -0.353 e. The summed E-state index contributed by atoms with van der Waals surface area (Å²) >= 11 is 0. The molecular weight excluding hydrogens is 514 g/mol. The highest BCUT2D eigenvalue weighted by Gasteiger charge is 2.27. The summed E-state index contributed by atoms with van der Waals surface area (Å²) in [5, 5.41) is 18.3. The molecule has 1 aliphatic rings. The van der Waals surface area contributed by atoms with Crippen LogP contribution in [0.4, 0.5) is 8.78 Å². The molecule has 0 radical (unpaired) electrons. The first-order valence-electron chi connectivity index (χ1n) is 12.5. The van der Waals surface area contributed by atoms with Gasteiger partial charge in [-0.2, -0.15) is 15.5 Å². The lowest BCUT2D eigenvalue weighted by atomic mass is 10.0. The maximum absolute atomic E-state index is 14.1. The molecule has 3 aromatic heterocycles. The molecule has 9 nitrogen and oxygen atoms in total. The highest BCUT2D eigenvalue weighted by molar-refractivity contribution is 5.95. The quantitative estimate of drug-likeness (QED) is 0.269. The number of benzene rings is 1. The smallest absolute Gasteiger partial charge is 0.259 e. The van der Waals surface area contributed by atoms with Gasteiger partial charge in [0.05, 0.1) is 23.5 Å². The molecule has 1 aliphatic heterocycles. The summed E-state index contributed by atoms with van der Waals surface area (Å²) in [7, 11) is 1.85. The van der Waals surface area contributed by atoms with Gasteiger partial charge in [0.1, 0.15) is 29.1 Å². The molecule has 0 spiro atoms. The first-order valence-corrected chi connectivity index (χ1v) is 12.5. The lowest BCUT2D eigenvalue weighted by Gasteiger charge is -2.36. The van der Waals surface area contributed by atoms with E-state index in [1.807, 2.05) is 49.5 Å². The van der Waals surface area contributed by atoms with E-state index in [4.69, 9.17) is 0 Å². The van der Waals surface area contributed by atoms with E-state index in [1.54, 1.807) is 21.6 Å². The third-order valence-corrected chi connectivity index (χ3v) is 6.91. The number of halogens is 2. The van der Waals surface area contributed by atoms with Gasteiger partial charge in [-0.05, 0) is 43.5 Å². The molecule has 0 atom stereocenters. The van der Waals surface area contributed by atoms with Crippen molar-refractivity contribution >= 4 is 23.7 Å². The maximum atomic E-state index is 14.1. The Labute approximate surface area is 229 Å². The van der Waals surface area contributed by atoms with Crippen molar-refractivity contribution in [3.63, 3.8) is 0 Å². The number of aliphatic imine (C=N–C) groups is 1. The average Bonchev–Trinajstić information content (AvgIpc) is 3.58. The Morgan fingerprint density at radius 3 is 2.38 bits per heavy atom. The molecule has 4 heterocycles. The van der Waals surface area contributed by atoms with Crippen LogP contribution in [0.1, 0.15) is 28.4 Å². The van der Waals surface area contributed by atoms with Crippen LogP contribution in [0.15, 0.2) is 72.0 Å². The molecule has 0 saturated carbocycles. The fourth-order valence-corrected chi connectivity index (χ4v) is 4.78. The van der Waals surface area contributed by atoms with Gasteiger partial charge in [-0.15, -0.1) is 0 Å². The summed E-state index contributed by atoms with van der Waals surface area (Å²) in [6.45, 7) is 7.03. The van der Waals surface area contributed by atoms with E-state index in [2.05, 4.69) is 28.0 Å². The molecular formula is C29H26F2N8O. The van der Waals surface area contributed by atoms with E-state index in [0.29, 0.717) is 30.0 Å². The van der Waals surface area contributed by atoms with Crippen molar-refractivity contribution < 1.29 is 13.6 Å². The van der Waals surface area contributed by atoms with Gasteiger partial charge in [0.2, 0.25) is 0 Å². The Bertz CT molecular complexity index is 1700. The zero-order chi connectivity index (χ0) is 28.4. The van der Waals surface area contributed by atoms with Crippen LogP contribution in [0.5, 0.6) is 0 Å². The number of allylic oxidation sites excluding steroid dienone is 3. The van der Waals surface area contributed by atoms with Crippen molar-refractivity contribution in [3.8, 4) is 17.2 Å². The van der Waals surface area contributed by atoms with Crippen LogP contribution in [0.3, 0.4) is 0 Å². The van der Waals surface area contributed by atoms with Crippen LogP contribution < -0.4 is 0 Å². The molecule has 11 heteroatoms. The maximum Gasteiger partial charge on any atom is 0.259 e. The Hall–Kier alpha value is -5.11. The molecule has 0 aliphatic carbocycles. The lowest BCUT2D eigenvalue weighted by molar-refractivity contribution is 0.0659. The fourth-order valence-electron chi connectivity index (χ4n) is 4.78. The van der Waals surface area contributed by atoms with E-state index in [-0.39, 0.29) is 13.1 Å². The Morgan fingerprint density at radius 1 is 1.05 bits per heavy atom. The number of carbonyl (C=O) groups excluding carboxylic acids is 1. The Kier molecular flexibility index (Phi) is 7.25. The molecule has 5 rings (SSSR count). The summed E-state index contributed by atoms with van der Waals surface area (Å²) in [6.07, 6.45) is 10.8. The van der Waals surface area contributed by atoms with E-state index >= 15 is 0 Å². The van der Waals surface area contributed by atoms with Crippen molar-refractivity contribution in [1.29, 1.82) is 5.26 Å². The van der Waals surface area contributed by atoms with Crippen LogP contribution in [0, 0.1) is 23.0 Å². The number of rotatable bonds is 6. The zero-order valence-corrected chi connectivity index (χ0v) is 22.1. The van der Waals surface area contributed by atoms with Crippen LogP contribution in [-0.2, 0) is 7.05 Å². The number of carbonyl (C=O) groups is 1. The van der Waals surface area contributed by atoms with Gasteiger partial charge in [0.15, 0.2) is 0 Å². The monoisotopic (exact) mass is 540 g/mol. The van der Waals surface area contributed by atoms with Gasteiger partial charge in [-0.1, -0.05) is 12.1 Å². The van der Waals surface area contributed by atoms with Crippen molar-refractivity contribution in [2.24, 2.45) is 12.0 Å². The number of hydrogen-bond acceptors (Lipinski definition) is 6. The SMILES string of the molecule is C=N/C(=C\C=C(/C)c1cc(-c2cnn(C)c2)cn2ncc(C#N)c12)N1CCN(C(=O)c2c(F)cccc2F)CC1. The first-order chi connectivity index (χ1) is 19.3. The van der Waals surface area contributed by atoms with Crippen LogP contribution in [-0.4, -0.2) is 68.0 Å². The molecule has 202 valence electrons. The minimum absolute atomic E-state index is 0.275. The minimum atomic E-state index is -0.874. The van der Waals surface area contributed by atoms with Crippen molar-refractivity contribution in [2.75, 3.05) is 26.2 Å². The second-order valence-electron chi connectivity index (χ2n) is 9.42.